The van der Waals surface area contributed by atoms with Gasteiger partial charge in [-0.1, -0.05) is 44.9 Å². The van der Waals surface area contributed by atoms with Gasteiger partial charge in [-0.3, -0.25) is 0 Å². The van der Waals surface area contributed by atoms with E-state index in [4.69, 9.17) is 10.4 Å². The van der Waals surface area contributed by atoms with Crippen LogP contribution in [0.1, 0.15) is 55.5 Å². The number of hydrogen-bond donors (Lipinski definition) is 1. The standard InChI is InChI=1S/C29H30N2O2S/c1-3-5-13-31(14-6-4-2)24-8-11-27-22(17-24)16-21-15-20(7-10-26(21)27)28-12-9-25(34-28)18-23(19-30)29(32)33/h7-12,15,17-18H,3-6,13-14,16H2,1-2H3,(H,32,33). The number of hydrogen-bond acceptors (Lipinski definition) is 4. The molecule has 3 aromatic rings. The number of carbonyl (C=O) groups is 1. The minimum absolute atomic E-state index is 0.250. The first-order chi connectivity index (χ1) is 16.5. The molecule has 0 atom stereocenters. The van der Waals surface area contributed by atoms with E-state index < -0.39 is 5.97 Å². The number of nitrogens with zero attached hydrogens (tertiary/aromatic N) is 2. The lowest BCUT2D eigenvalue weighted by molar-refractivity contribution is -0.132. The monoisotopic (exact) mass is 470 g/mol. The molecule has 4 nitrogen and oxygen atoms in total. The lowest BCUT2D eigenvalue weighted by atomic mass is 10.0. The SMILES string of the molecule is CCCCN(CCCC)c1ccc2c(c1)Cc1cc(-c3ccc(C=C(C#N)C(=O)O)s3)ccc1-2. The number of carboxylic acids is 1. The number of unbranched alkanes of at least 4 members (excludes halogenated alkanes) is 2. The highest BCUT2D eigenvalue weighted by Gasteiger charge is 2.21. The molecule has 2 aromatic carbocycles. The third-order valence-electron chi connectivity index (χ3n) is 6.34. The van der Waals surface area contributed by atoms with Gasteiger partial charge in [0.15, 0.2) is 0 Å². The van der Waals surface area contributed by atoms with E-state index in [1.165, 1.54) is 71.0 Å². The molecular formula is C29H30N2O2S. The van der Waals surface area contributed by atoms with Crippen LogP contribution in [0.3, 0.4) is 0 Å². The molecule has 1 heterocycles. The molecule has 4 rings (SSSR count). The maximum Gasteiger partial charge on any atom is 0.346 e. The number of fused-ring (bicyclic) bond motifs is 3. The second kappa shape index (κ2) is 10.7. The van der Waals surface area contributed by atoms with Crippen molar-refractivity contribution >= 4 is 29.1 Å². The van der Waals surface area contributed by atoms with Crippen LogP contribution >= 0.6 is 11.3 Å². The molecule has 174 valence electrons. The Bertz CT molecular complexity index is 1260. The van der Waals surface area contributed by atoms with Gasteiger partial charge in [0.25, 0.3) is 0 Å². The molecule has 1 aromatic heterocycles. The Morgan fingerprint density at radius 2 is 1.71 bits per heavy atom. The Morgan fingerprint density at radius 1 is 1.03 bits per heavy atom. The zero-order valence-corrected chi connectivity index (χ0v) is 20.6. The second-order valence-corrected chi connectivity index (χ2v) is 9.88. The zero-order valence-electron chi connectivity index (χ0n) is 19.8. The van der Waals surface area contributed by atoms with Crippen molar-refractivity contribution in [2.75, 3.05) is 18.0 Å². The summed E-state index contributed by atoms with van der Waals surface area (Å²) in [7, 11) is 0. The fourth-order valence-electron chi connectivity index (χ4n) is 4.48. The summed E-state index contributed by atoms with van der Waals surface area (Å²) >= 11 is 1.50. The Hall–Kier alpha value is -3.36. The average Bonchev–Trinajstić information content (AvgIpc) is 3.45. The van der Waals surface area contributed by atoms with Gasteiger partial charge in [0.2, 0.25) is 0 Å². The van der Waals surface area contributed by atoms with Crippen LogP contribution in [-0.4, -0.2) is 24.2 Å². The van der Waals surface area contributed by atoms with Gasteiger partial charge in [-0.25, -0.2) is 4.79 Å². The predicted molar refractivity (Wildman–Crippen MR) is 141 cm³/mol. The van der Waals surface area contributed by atoms with Crippen LogP contribution in [0.2, 0.25) is 0 Å². The molecule has 0 fully saturated rings. The number of anilines is 1. The van der Waals surface area contributed by atoms with Crippen LogP contribution < -0.4 is 4.90 Å². The molecule has 0 radical (unpaired) electrons. The van der Waals surface area contributed by atoms with E-state index in [-0.39, 0.29) is 5.57 Å². The molecule has 5 heteroatoms. The van der Waals surface area contributed by atoms with Crippen LogP contribution in [-0.2, 0) is 11.2 Å². The number of thiophene rings is 1. The Balaban J connectivity index is 1.57. The van der Waals surface area contributed by atoms with E-state index in [1.54, 1.807) is 6.07 Å². The number of aliphatic carboxylic acids is 1. The second-order valence-electron chi connectivity index (χ2n) is 8.76. The number of rotatable bonds is 10. The zero-order chi connectivity index (χ0) is 24.1. The van der Waals surface area contributed by atoms with Gasteiger partial charge < -0.3 is 10.0 Å². The third kappa shape index (κ3) is 5.08. The Labute approximate surface area is 205 Å². The van der Waals surface area contributed by atoms with Crippen LogP contribution in [0.5, 0.6) is 0 Å². The van der Waals surface area contributed by atoms with Crippen LogP contribution in [0.15, 0.2) is 54.1 Å². The van der Waals surface area contributed by atoms with Gasteiger partial charge in [0, 0.05) is 28.5 Å². The first-order valence-electron chi connectivity index (χ1n) is 12.0. The summed E-state index contributed by atoms with van der Waals surface area (Å²) in [5.74, 6) is -1.20. The molecule has 0 aliphatic heterocycles. The number of carboxylic acid groups (broad SMARTS) is 1. The third-order valence-corrected chi connectivity index (χ3v) is 7.42. The van der Waals surface area contributed by atoms with Crippen molar-refractivity contribution in [1.29, 1.82) is 5.26 Å². The quantitative estimate of drug-likeness (QED) is 0.194. The molecule has 0 saturated heterocycles. The molecule has 1 aliphatic rings. The fourth-order valence-corrected chi connectivity index (χ4v) is 5.43. The average molecular weight is 471 g/mol. The van der Waals surface area contributed by atoms with Crippen molar-refractivity contribution in [2.45, 2.75) is 46.0 Å². The van der Waals surface area contributed by atoms with Crippen LogP contribution in [0.25, 0.3) is 27.6 Å². The molecule has 0 saturated carbocycles. The van der Waals surface area contributed by atoms with Crippen molar-refractivity contribution in [3.63, 3.8) is 0 Å². The van der Waals surface area contributed by atoms with E-state index in [0.29, 0.717) is 0 Å². The summed E-state index contributed by atoms with van der Waals surface area (Å²) in [6.07, 6.45) is 7.20. The van der Waals surface area contributed by atoms with E-state index in [9.17, 15) is 4.79 Å². The van der Waals surface area contributed by atoms with E-state index in [2.05, 4.69) is 55.1 Å². The summed E-state index contributed by atoms with van der Waals surface area (Å²) in [4.78, 5) is 15.5. The highest BCUT2D eigenvalue weighted by atomic mass is 32.1. The molecule has 0 spiro atoms. The Kier molecular flexibility index (Phi) is 7.49. The highest BCUT2D eigenvalue weighted by Crippen LogP contribution is 2.41. The van der Waals surface area contributed by atoms with Crippen molar-refractivity contribution in [2.24, 2.45) is 0 Å². The minimum Gasteiger partial charge on any atom is -0.477 e. The van der Waals surface area contributed by atoms with Crippen LogP contribution in [0.4, 0.5) is 5.69 Å². The smallest absolute Gasteiger partial charge is 0.346 e. The lowest BCUT2D eigenvalue weighted by Gasteiger charge is -2.25. The van der Waals surface area contributed by atoms with Gasteiger partial charge in [-0.2, -0.15) is 5.26 Å². The van der Waals surface area contributed by atoms with Crippen molar-refractivity contribution in [3.8, 4) is 27.6 Å². The van der Waals surface area contributed by atoms with Gasteiger partial charge in [-0.15, -0.1) is 11.3 Å². The largest absolute Gasteiger partial charge is 0.477 e. The molecule has 0 unspecified atom stereocenters. The molecule has 1 N–H and O–H groups in total. The summed E-state index contributed by atoms with van der Waals surface area (Å²) in [6, 6.07) is 19.1. The predicted octanol–water partition coefficient (Wildman–Crippen LogP) is 7.38. The summed E-state index contributed by atoms with van der Waals surface area (Å²) < 4.78 is 0. The van der Waals surface area contributed by atoms with Gasteiger partial charge in [-0.05, 0) is 83.5 Å². The maximum absolute atomic E-state index is 11.1. The van der Waals surface area contributed by atoms with Gasteiger partial charge in [0.05, 0.1) is 0 Å². The van der Waals surface area contributed by atoms with Crippen molar-refractivity contribution in [1.82, 2.24) is 0 Å². The van der Waals surface area contributed by atoms with E-state index >= 15 is 0 Å². The number of nitriles is 1. The summed E-state index contributed by atoms with van der Waals surface area (Å²) in [6.45, 7) is 6.71. The maximum atomic E-state index is 11.1. The van der Waals surface area contributed by atoms with E-state index in [1.807, 2.05) is 12.1 Å². The van der Waals surface area contributed by atoms with Crippen molar-refractivity contribution < 1.29 is 9.90 Å². The fraction of sp³-hybridized carbons (Fsp3) is 0.310. The van der Waals surface area contributed by atoms with Gasteiger partial charge >= 0.3 is 5.97 Å². The molecule has 0 amide bonds. The number of benzene rings is 2. The molecule has 34 heavy (non-hydrogen) atoms. The highest BCUT2D eigenvalue weighted by molar-refractivity contribution is 7.16. The van der Waals surface area contributed by atoms with Gasteiger partial charge in [0.1, 0.15) is 11.6 Å². The molecule has 0 bridgehead atoms. The first-order valence-corrected chi connectivity index (χ1v) is 12.8. The normalized spacial score (nSPS) is 12.2. The van der Waals surface area contributed by atoms with E-state index in [0.717, 1.165) is 34.8 Å². The topological polar surface area (TPSA) is 64.3 Å². The first kappa shape index (κ1) is 23.8. The lowest BCUT2D eigenvalue weighted by Crippen LogP contribution is -2.25. The molecule has 1 aliphatic carbocycles. The Morgan fingerprint density at radius 3 is 2.35 bits per heavy atom. The van der Waals surface area contributed by atoms with Crippen molar-refractivity contribution in [3.05, 3.63) is 70.1 Å². The summed E-state index contributed by atoms with van der Waals surface area (Å²) in [5, 5.41) is 18.1. The molecular weight excluding hydrogens is 440 g/mol. The minimum atomic E-state index is -1.20. The van der Waals surface area contributed by atoms with Crippen LogP contribution in [0, 0.1) is 11.3 Å². The summed E-state index contributed by atoms with van der Waals surface area (Å²) in [5.41, 5.74) is 7.54.